The van der Waals surface area contributed by atoms with Gasteiger partial charge in [0.05, 0.1) is 5.85 Å². The molecule has 0 aromatic carbocycles. The van der Waals surface area contributed by atoms with Crippen LogP contribution in [0.2, 0.25) is 0 Å². The molecule has 0 aliphatic rings. The van der Waals surface area contributed by atoms with E-state index in [4.69, 9.17) is 10.00 Å². The Balaban J connectivity index is 0. The molecular formula is C6H15O3P2+. The van der Waals surface area contributed by atoms with E-state index in [-0.39, 0.29) is 12.0 Å². The van der Waals surface area contributed by atoms with Gasteiger partial charge in [0.15, 0.2) is 6.16 Å². The molecular weight excluding hydrogens is 182 g/mol. The fraction of sp³-hybridized carbons (Fsp3) is 0.667. The van der Waals surface area contributed by atoms with Crippen LogP contribution in [0.3, 0.4) is 0 Å². The molecule has 0 heterocycles. The van der Waals surface area contributed by atoms with E-state index >= 15 is 0 Å². The molecule has 0 aromatic rings. The standard InChI is InChI=1S/C3H5O2P.C3H9OP/c1-2-3-6(4)5;1-2-3(4)5/h2H,1,3H2;3-4H,2,5H2,1H3/p+1. The van der Waals surface area contributed by atoms with Crippen LogP contribution in [0.25, 0.3) is 0 Å². The predicted octanol–water partition coefficient (Wildman–Crippen LogP) is 1.50. The molecule has 0 saturated heterocycles. The molecule has 0 radical (unpaired) electrons. The van der Waals surface area contributed by atoms with E-state index in [1.165, 1.54) is 6.08 Å². The van der Waals surface area contributed by atoms with Crippen LogP contribution in [0.15, 0.2) is 12.7 Å². The van der Waals surface area contributed by atoms with Crippen molar-refractivity contribution in [1.82, 2.24) is 0 Å². The van der Waals surface area contributed by atoms with Crippen molar-refractivity contribution in [3.8, 4) is 0 Å². The van der Waals surface area contributed by atoms with E-state index in [0.29, 0.717) is 0 Å². The Morgan fingerprint density at radius 1 is 1.82 bits per heavy atom. The predicted molar refractivity (Wildman–Crippen MR) is 50.9 cm³/mol. The van der Waals surface area contributed by atoms with Crippen LogP contribution in [0.4, 0.5) is 0 Å². The van der Waals surface area contributed by atoms with Crippen molar-refractivity contribution in [3.63, 3.8) is 0 Å². The fourth-order valence-electron chi connectivity index (χ4n) is 0.110. The molecule has 66 valence electrons. The molecule has 0 amide bonds. The Morgan fingerprint density at radius 3 is 2.18 bits per heavy atom. The average Bonchev–Trinajstić information content (AvgIpc) is 1.89. The Bertz CT molecular complexity index is 114. The zero-order valence-electron chi connectivity index (χ0n) is 6.60. The second kappa shape index (κ2) is 10.2. The summed E-state index contributed by atoms with van der Waals surface area (Å²) in [5, 5.41) is 8.32. The largest absolute Gasteiger partial charge is 0.509 e. The summed E-state index contributed by atoms with van der Waals surface area (Å²) in [5.74, 6) is -0.199. The summed E-state index contributed by atoms with van der Waals surface area (Å²) in [6, 6.07) is 0. The van der Waals surface area contributed by atoms with E-state index in [9.17, 15) is 4.57 Å². The first kappa shape index (κ1) is 13.8. The van der Waals surface area contributed by atoms with Gasteiger partial charge in [-0.3, -0.25) is 0 Å². The molecule has 0 rings (SSSR count). The molecule has 0 fully saturated rings. The highest BCUT2D eigenvalue weighted by atomic mass is 31.1. The summed E-state index contributed by atoms with van der Waals surface area (Å²) in [5.41, 5.74) is 0. The lowest BCUT2D eigenvalue weighted by Crippen LogP contribution is -1.87. The topological polar surface area (TPSA) is 57.5 Å². The average molecular weight is 197 g/mol. The van der Waals surface area contributed by atoms with Crippen LogP contribution in [-0.2, 0) is 4.57 Å². The van der Waals surface area contributed by atoms with Gasteiger partial charge in [-0.05, 0) is 17.1 Å². The maximum absolute atomic E-state index is 9.68. The van der Waals surface area contributed by atoms with Crippen LogP contribution in [0.1, 0.15) is 13.3 Å². The summed E-state index contributed by atoms with van der Waals surface area (Å²) >= 11 is 0. The van der Waals surface area contributed by atoms with Gasteiger partial charge in [-0.15, -0.1) is 9.24 Å². The molecule has 0 aliphatic heterocycles. The van der Waals surface area contributed by atoms with Gasteiger partial charge in [-0.25, -0.2) is 0 Å². The summed E-state index contributed by atoms with van der Waals surface area (Å²) in [7, 11) is 0.321. The first-order chi connectivity index (χ1) is 5.04. The highest BCUT2D eigenvalue weighted by Gasteiger charge is 2.01. The fourth-order valence-corrected chi connectivity index (χ4v) is 0.331. The molecule has 0 saturated carbocycles. The number of rotatable bonds is 3. The SMILES string of the molecule is C=CC[P+](=O)O.CCC(O)P. The molecule has 2 N–H and O–H groups in total. The van der Waals surface area contributed by atoms with Gasteiger partial charge in [0, 0.05) is 0 Å². The van der Waals surface area contributed by atoms with Gasteiger partial charge in [-0.1, -0.05) is 13.5 Å². The lowest BCUT2D eigenvalue weighted by Gasteiger charge is -1.90. The van der Waals surface area contributed by atoms with Crippen LogP contribution >= 0.6 is 17.3 Å². The first-order valence-corrected chi connectivity index (χ1v) is 5.29. The number of aliphatic hydroxyl groups excluding tert-OH is 1. The molecule has 0 bridgehead atoms. The van der Waals surface area contributed by atoms with Gasteiger partial charge in [0.2, 0.25) is 0 Å². The number of allylic oxidation sites excluding steroid dienone is 1. The second-order valence-electron chi connectivity index (χ2n) is 1.80. The first-order valence-electron chi connectivity index (χ1n) is 3.22. The van der Waals surface area contributed by atoms with Gasteiger partial charge in [-0.2, -0.15) is 4.89 Å². The monoisotopic (exact) mass is 197 g/mol. The van der Waals surface area contributed by atoms with Crippen molar-refractivity contribution in [2.45, 2.75) is 19.2 Å². The molecule has 5 heteroatoms. The van der Waals surface area contributed by atoms with E-state index in [0.717, 1.165) is 6.42 Å². The Kier molecular flexibility index (Phi) is 12.7. The maximum Gasteiger partial charge on any atom is 0.509 e. The van der Waals surface area contributed by atoms with Crippen molar-refractivity contribution in [1.29, 1.82) is 0 Å². The summed E-state index contributed by atoms with van der Waals surface area (Å²) in [6.45, 7) is 5.19. The molecule has 3 unspecified atom stereocenters. The molecule has 0 spiro atoms. The highest BCUT2D eigenvalue weighted by molar-refractivity contribution is 7.38. The minimum Gasteiger partial charge on any atom is -0.389 e. The van der Waals surface area contributed by atoms with Gasteiger partial charge < -0.3 is 5.11 Å². The zero-order chi connectivity index (χ0) is 9.28. The van der Waals surface area contributed by atoms with E-state index in [2.05, 4.69) is 15.8 Å². The lowest BCUT2D eigenvalue weighted by atomic mass is 10.5. The molecule has 11 heavy (non-hydrogen) atoms. The third-order valence-corrected chi connectivity index (χ3v) is 1.75. The maximum atomic E-state index is 9.68. The number of hydrogen-bond acceptors (Lipinski definition) is 2. The Labute approximate surface area is 70.6 Å². The van der Waals surface area contributed by atoms with E-state index < -0.39 is 8.03 Å². The van der Waals surface area contributed by atoms with Crippen LogP contribution in [0, 0.1) is 0 Å². The zero-order valence-corrected chi connectivity index (χ0v) is 8.65. The smallest absolute Gasteiger partial charge is 0.389 e. The normalized spacial score (nSPS) is 12.5. The number of aliphatic hydroxyl groups is 1. The highest BCUT2D eigenvalue weighted by Crippen LogP contribution is 2.10. The van der Waals surface area contributed by atoms with Crippen molar-refractivity contribution in [2.24, 2.45) is 0 Å². The van der Waals surface area contributed by atoms with E-state index in [1.807, 2.05) is 6.92 Å². The van der Waals surface area contributed by atoms with Gasteiger partial charge in [0.25, 0.3) is 0 Å². The molecule has 0 aliphatic carbocycles. The quantitative estimate of drug-likeness (QED) is 0.532. The Morgan fingerprint density at radius 2 is 2.18 bits per heavy atom. The van der Waals surface area contributed by atoms with Crippen LogP contribution in [-0.4, -0.2) is 22.0 Å². The minimum atomic E-state index is -1.97. The van der Waals surface area contributed by atoms with Crippen molar-refractivity contribution >= 4 is 17.3 Å². The van der Waals surface area contributed by atoms with Crippen molar-refractivity contribution in [2.75, 3.05) is 6.16 Å². The lowest BCUT2D eigenvalue weighted by molar-refractivity contribution is 0.258. The van der Waals surface area contributed by atoms with Gasteiger partial charge in [0.1, 0.15) is 0 Å². The van der Waals surface area contributed by atoms with Gasteiger partial charge >= 0.3 is 8.03 Å². The Hall–Kier alpha value is 0.190. The molecule has 3 atom stereocenters. The van der Waals surface area contributed by atoms with Crippen molar-refractivity contribution in [3.05, 3.63) is 12.7 Å². The minimum absolute atomic E-state index is 0.199. The van der Waals surface area contributed by atoms with E-state index in [1.54, 1.807) is 0 Å². The third kappa shape index (κ3) is 25.4. The molecule has 3 nitrogen and oxygen atoms in total. The number of hydrogen-bond donors (Lipinski definition) is 2. The summed E-state index contributed by atoms with van der Waals surface area (Å²) < 4.78 is 9.68. The van der Waals surface area contributed by atoms with Crippen LogP contribution in [0.5, 0.6) is 0 Å². The van der Waals surface area contributed by atoms with Crippen LogP contribution < -0.4 is 0 Å². The second-order valence-corrected chi connectivity index (χ2v) is 3.64. The summed E-state index contributed by atoms with van der Waals surface area (Å²) in [4.78, 5) is 7.99. The van der Waals surface area contributed by atoms with Crippen molar-refractivity contribution < 1.29 is 14.6 Å². The third-order valence-electron chi connectivity index (χ3n) is 0.704. The molecule has 0 aromatic heterocycles. The summed E-state index contributed by atoms with van der Waals surface area (Å²) in [6.07, 6.45) is 2.44.